The summed E-state index contributed by atoms with van der Waals surface area (Å²) in [4.78, 5) is 25.5. The topological polar surface area (TPSA) is 44.1 Å². The first-order valence-electron chi connectivity index (χ1n) is 11.9. The predicted octanol–water partition coefficient (Wildman–Crippen LogP) is 3.33. The number of hydrogen-bond donors (Lipinski definition) is 0. The average Bonchev–Trinajstić information content (AvgIpc) is 3.44. The highest BCUT2D eigenvalue weighted by molar-refractivity contribution is 5.94. The van der Waals surface area contributed by atoms with Crippen LogP contribution in [-0.2, 0) is 6.54 Å². The maximum Gasteiger partial charge on any atom is 0.274 e. The van der Waals surface area contributed by atoms with Gasteiger partial charge in [0.15, 0.2) is 5.69 Å². The highest BCUT2D eigenvalue weighted by Crippen LogP contribution is 2.26. The molecule has 2 saturated heterocycles. The van der Waals surface area contributed by atoms with Crippen LogP contribution in [0.25, 0.3) is 5.65 Å². The summed E-state index contributed by atoms with van der Waals surface area (Å²) in [6.45, 7) is 9.07. The van der Waals surface area contributed by atoms with Crippen molar-refractivity contribution >= 4 is 11.6 Å². The molecule has 0 N–H and O–H groups in total. The molecule has 2 aromatic heterocycles. The number of carbonyl (C=O) groups excluding carboxylic acids is 1. The minimum absolute atomic E-state index is 0.123. The second-order valence-electron chi connectivity index (χ2n) is 9.40. The fraction of sp³-hybridized carbons (Fsp3) is 0.667. The van der Waals surface area contributed by atoms with Gasteiger partial charge in [0.05, 0.1) is 5.69 Å². The van der Waals surface area contributed by atoms with Crippen molar-refractivity contribution in [1.29, 1.82) is 0 Å². The number of pyridine rings is 1. The number of imidazole rings is 1. The molecule has 30 heavy (non-hydrogen) atoms. The van der Waals surface area contributed by atoms with Gasteiger partial charge in [-0.25, -0.2) is 4.98 Å². The molecular weight excluding hydrogens is 374 g/mol. The van der Waals surface area contributed by atoms with Crippen LogP contribution >= 0.6 is 0 Å². The second kappa shape index (κ2) is 8.67. The Bertz CT molecular complexity index is 886. The zero-order valence-electron chi connectivity index (χ0n) is 18.4. The van der Waals surface area contributed by atoms with E-state index in [0.717, 1.165) is 81.6 Å². The summed E-state index contributed by atoms with van der Waals surface area (Å²) in [6, 6.07) is 4.96. The molecule has 0 unspecified atom stereocenters. The number of amides is 1. The van der Waals surface area contributed by atoms with Crippen molar-refractivity contribution in [1.82, 2.24) is 24.1 Å². The first kappa shape index (κ1) is 20.0. The molecule has 2 aliphatic heterocycles. The molecule has 0 atom stereocenters. The summed E-state index contributed by atoms with van der Waals surface area (Å²) in [5.74, 6) is 0.123. The normalized spacial score (nSPS) is 22.2. The molecule has 2 aromatic rings. The van der Waals surface area contributed by atoms with Gasteiger partial charge in [-0.15, -0.1) is 0 Å². The molecule has 5 rings (SSSR count). The molecule has 1 saturated carbocycles. The summed E-state index contributed by atoms with van der Waals surface area (Å²) in [6.07, 6.45) is 11.1. The van der Waals surface area contributed by atoms with E-state index < -0.39 is 0 Å². The van der Waals surface area contributed by atoms with E-state index in [2.05, 4.69) is 39.5 Å². The van der Waals surface area contributed by atoms with E-state index in [1.807, 2.05) is 4.90 Å². The average molecular weight is 410 g/mol. The van der Waals surface area contributed by atoms with Gasteiger partial charge < -0.3 is 9.30 Å². The number of rotatable bonds is 4. The fourth-order valence-corrected chi connectivity index (χ4v) is 5.59. The van der Waals surface area contributed by atoms with Crippen molar-refractivity contribution in [3.8, 4) is 0 Å². The van der Waals surface area contributed by atoms with E-state index in [-0.39, 0.29) is 5.91 Å². The smallest absolute Gasteiger partial charge is 0.274 e. The molecule has 6 heteroatoms. The molecule has 3 aliphatic rings. The number of likely N-dealkylation sites (tertiary alicyclic amines) is 1. The summed E-state index contributed by atoms with van der Waals surface area (Å²) in [5, 5.41) is 0. The monoisotopic (exact) mass is 409 g/mol. The molecule has 1 aliphatic carbocycles. The molecule has 3 fully saturated rings. The standard InChI is InChI=1S/C24H35N5O/c1-19-8-7-13-29-21(18-26-14-16-27(17-15-26)20-9-3-4-10-20)22(25-23(19)29)24(30)28-11-5-2-6-12-28/h7-8,13,20H,2-6,9-12,14-18H2,1H3. The Kier molecular flexibility index (Phi) is 5.79. The number of carbonyl (C=O) groups is 1. The van der Waals surface area contributed by atoms with Crippen molar-refractivity contribution in [3.05, 3.63) is 35.3 Å². The maximum absolute atomic E-state index is 13.4. The van der Waals surface area contributed by atoms with Crippen LogP contribution in [0.3, 0.4) is 0 Å². The van der Waals surface area contributed by atoms with Gasteiger partial charge in [-0.2, -0.15) is 0 Å². The molecule has 162 valence electrons. The van der Waals surface area contributed by atoms with Crippen LogP contribution in [-0.4, -0.2) is 75.3 Å². The Morgan fingerprint density at radius 1 is 1.00 bits per heavy atom. The van der Waals surface area contributed by atoms with Gasteiger partial charge in [0.2, 0.25) is 0 Å². The number of piperazine rings is 1. The van der Waals surface area contributed by atoms with Gasteiger partial charge in [-0.1, -0.05) is 18.9 Å². The first-order valence-corrected chi connectivity index (χ1v) is 11.9. The third-order valence-corrected chi connectivity index (χ3v) is 7.41. The molecule has 0 aromatic carbocycles. The number of nitrogens with zero attached hydrogens (tertiary/aromatic N) is 5. The number of hydrogen-bond acceptors (Lipinski definition) is 4. The van der Waals surface area contributed by atoms with Crippen molar-refractivity contribution in [3.63, 3.8) is 0 Å². The van der Waals surface area contributed by atoms with Gasteiger partial charge in [0.1, 0.15) is 5.65 Å². The summed E-state index contributed by atoms with van der Waals surface area (Å²) in [7, 11) is 0. The predicted molar refractivity (Wildman–Crippen MR) is 119 cm³/mol. The number of aryl methyl sites for hydroxylation is 1. The molecule has 6 nitrogen and oxygen atoms in total. The summed E-state index contributed by atoms with van der Waals surface area (Å²) in [5.41, 5.74) is 3.79. The van der Waals surface area contributed by atoms with Crippen molar-refractivity contribution in [2.45, 2.75) is 64.5 Å². The second-order valence-corrected chi connectivity index (χ2v) is 9.40. The lowest BCUT2D eigenvalue weighted by Gasteiger charge is -2.38. The van der Waals surface area contributed by atoms with Crippen LogP contribution in [0, 0.1) is 6.92 Å². The number of piperidine rings is 1. The third-order valence-electron chi connectivity index (χ3n) is 7.41. The zero-order chi connectivity index (χ0) is 20.5. The van der Waals surface area contributed by atoms with E-state index in [0.29, 0.717) is 5.69 Å². The van der Waals surface area contributed by atoms with Crippen LogP contribution in [0.1, 0.15) is 66.7 Å². The minimum atomic E-state index is 0.123. The third kappa shape index (κ3) is 3.87. The minimum Gasteiger partial charge on any atom is -0.337 e. The van der Waals surface area contributed by atoms with Crippen molar-refractivity contribution in [2.75, 3.05) is 39.3 Å². The van der Waals surface area contributed by atoms with E-state index in [1.165, 1.54) is 32.1 Å². The highest BCUT2D eigenvalue weighted by atomic mass is 16.2. The highest BCUT2D eigenvalue weighted by Gasteiger charge is 2.29. The number of aromatic nitrogens is 2. The largest absolute Gasteiger partial charge is 0.337 e. The molecule has 4 heterocycles. The number of fused-ring (bicyclic) bond motifs is 1. The molecular formula is C24H35N5O. The summed E-state index contributed by atoms with van der Waals surface area (Å²) < 4.78 is 2.16. The fourth-order valence-electron chi connectivity index (χ4n) is 5.59. The quantitative estimate of drug-likeness (QED) is 0.777. The van der Waals surface area contributed by atoms with E-state index in [1.54, 1.807) is 0 Å². The Morgan fingerprint density at radius 2 is 1.73 bits per heavy atom. The van der Waals surface area contributed by atoms with Crippen LogP contribution in [0.2, 0.25) is 0 Å². The van der Waals surface area contributed by atoms with Gasteiger partial charge in [0.25, 0.3) is 5.91 Å². The Morgan fingerprint density at radius 3 is 2.47 bits per heavy atom. The van der Waals surface area contributed by atoms with Gasteiger partial charge in [-0.3, -0.25) is 14.6 Å². The zero-order valence-corrected chi connectivity index (χ0v) is 18.4. The van der Waals surface area contributed by atoms with Crippen molar-refractivity contribution in [2.24, 2.45) is 0 Å². The first-order chi connectivity index (χ1) is 14.7. The van der Waals surface area contributed by atoms with Crippen LogP contribution in [0.4, 0.5) is 0 Å². The van der Waals surface area contributed by atoms with Crippen molar-refractivity contribution < 1.29 is 4.79 Å². The lowest BCUT2D eigenvalue weighted by Crippen LogP contribution is -2.49. The lowest BCUT2D eigenvalue weighted by atomic mass is 10.1. The van der Waals surface area contributed by atoms with Gasteiger partial charge in [0, 0.05) is 58.1 Å². The Balaban J connectivity index is 1.37. The van der Waals surface area contributed by atoms with Crippen LogP contribution in [0.5, 0.6) is 0 Å². The van der Waals surface area contributed by atoms with Crippen LogP contribution in [0.15, 0.2) is 18.3 Å². The SMILES string of the molecule is Cc1cccn2c(CN3CCN(C4CCCC4)CC3)c(C(=O)N3CCCCC3)nc12. The molecule has 0 radical (unpaired) electrons. The van der Waals surface area contributed by atoms with Crippen LogP contribution < -0.4 is 0 Å². The maximum atomic E-state index is 13.4. The molecule has 1 amide bonds. The Hall–Kier alpha value is -1.92. The van der Waals surface area contributed by atoms with Gasteiger partial charge >= 0.3 is 0 Å². The lowest BCUT2D eigenvalue weighted by molar-refractivity contribution is 0.0711. The Labute approximate surface area is 179 Å². The van der Waals surface area contributed by atoms with E-state index in [4.69, 9.17) is 4.98 Å². The van der Waals surface area contributed by atoms with Gasteiger partial charge in [-0.05, 0) is 50.7 Å². The summed E-state index contributed by atoms with van der Waals surface area (Å²) >= 11 is 0. The molecule has 0 spiro atoms. The molecule has 0 bridgehead atoms. The van der Waals surface area contributed by atoms with E-state index >= 15 is 0 Å². The van der Waals surface area contributed by atoms with E-state index in [9.17, 15) is 4.79 Å².